The lowest BCUT2D eigenvalue weighted by Crippen LogP contribution is -2.46. The van der Waals surface area contributed by atoms with Crippen LogP contribution < -0.4 is 9.80 Å². The maximum atomic E-state index is 8.84. The summed E-state index contributed by atoms with van der Waals surface area (Å²) in [5.41, 5.74) is 3.07. The fourth-order valence-electron chi connectivity index (χ4n) is 2.64. The minimum atomic E-state index is 0.705. The van der Waals surface area contributed by atoms with Crippen LogP contribution >= 0.6 is 11.6 Å². The Kier molecular flexibility index (Phi) is 3.98. The second-order valence-corrected chi connectivity index (χ2v) is 5.55. The van der Waals surface area contributed by atoms with Gasteiger partial charge in [0.05, 0.1) is 11.6 Å². The quantitative estimate of drug-likeness (QED) is 0.849. The van der Waals surface area contributed by atoms with E-state index in [2.05, 4.69) is 21.9 Å². The number of benzene rings is 2. The molecule has 2 aromatic rings. The van der Waals surface area contributed by atoms with Crippen molar-refractivity contribution in [3.05, 3.63) is 59.1 Å². The van der Waals surface area contributed by atoms with Crippen molar-refractivity contribution in [1.82, 2.24) is 0 Å². The predicted octanol–water partition coefficient (Wildman–Crippen LogP) is 3.54. The van der Waals surface area contributed by atoms with E-state index < -0.39 is 0 Å². The van der Waals surface area contributed by atoms with Gasteiger partial charge in [-0.1, -0.05) is 17.7 Å². The van der Waals surface area contributed by atoms with Gasteiger partial charge in [-0.25, -0.2) is 0 Å². The first-order valence-electron chi connectivity index (χ1n) is 7.02. The van der Waals surface area contributed by atoms with E-state index in [1.54, 1.807) is 0 Å². The van der Waals surface area contributed by atoms with Gasteiger partial charge in [0.1, 0.15) is 0 Å². The van der Waals surface area contributed by atoms with Crippen molar-refractivity contribution in [2.24, 2.45) is 0 Å². The molecule has 3 rings (SSSR count). The Labute approximate surface area is 130 Å². The fourth-order valence-corrected chi connectivity index (χ4v) is 2.83. The van der Waals surface area contributed by atoms with E-state index >= 15 is 0 Å². The molecular formula is C17H16ClN3. The number of anilines is 2. The third-order valence-corrected chi connectivity index (χ3v) is 4.05. The predicted molar refractivity (Wildman–Crippen MR) is 87.0 cm³/mol. The summed E-state index contributed by atoms with van der Waals surface area (Å²) in [5, 5.41) is 9.62. The number of hydrogen-bond acceptors (Lipinski definition) is 3. The number of hydrogen-bond donors (Lipinski definition) is 0. The molecule has 0 spiro atoms. The van der Waals surface area contributed by atoms with E-state index in [4.69, 9.17) is 16.9 Å². The van der Waals surface area contributed by atoms with Crippen molar-refractivity contribution in [3.63, 3.8) is 0 Å². The molecule has 0 unspecified atom stereocenters. The lowest BCUT2D eigenvalue weighted by Gasteiger charge is -2.37. The van der Waals surface area contributed by atoms with Gasteiger partial charge >= 0.3 is 0 Å². The van der Waals surface area contributed by atoms with Gasteiger partial charge in [-0.15, -0.1) is 0 Å². The summed E-state index contributed by atoms with van der Waals surface area (Å²) in [6.45, 7) is 3.89. The second-order valence-electron chi connectivity index (χ2n) is 5.11. The van der Waals surface area contributed by atoms with Gasteiger partial charge in [-0.05, 0) is 42.5 Å². The summed E-state index contributed by atoms with van der Waals surface area (Å²) in [6, 6.07) is 17.9. The molecule has 0 aliphatic carbocycles. The maximum absolute atomic E-state index is 8.84. The molecule has 0 bridgehead atoms. The van der Waals surface area contributed by atoms with Crippen LogP contribution in [0.25, 0.3) is 0 Å². The minimum absolute atomic E-state index is 0.705. The molecular weight excluding hydrogens is 282 g/mol. The molecule has 0 saturated carbocycles. The van der Waals surface area contributed by atoms with Crippen molar-refractivity contribution >= 4 is 23.0 Å². The summed E-state index contributed by atoms with van der Waals surface area (Å²) in [5.74, 6) is 0. The largest absolute Gasteiger partial charge is 0.368 e. The first-order valence-corrected chi connectivity index (χ1v) is 7.40. The van der Waals surface area contributed by atoms with Crippen LogP contribution in [0.5, 0.6) is 0 Å². The SMILES string of the molecule is N#Cc1ccc(N2CCN(c3cccc(Cl)c3)CC2)cc1. The number of halogens is 1. The molecule has 106 valence electrons. The van der Waals surface area contributed by atoms with E-state index in [0.29, 0.717) is 5.56 Å². The molecule has 3 nitrogen and oxygen atoms in total. The van der Waals surface area contributed by atoms with Crippen LogP contribution in [0, 0.1) is 11.3 Å². The van der Waals surface area contributed by atoms with E-state index in [0.717, 1.165) is 31.2 Å². The van der Waals surface area contributed by atoms with Gasteiger partial charge in [0.2, 0.25) is 0 Å². The number of rotatable bonds is 2. The average Bonchev–Trinajstić information content (AvgIpc) is 2.55. The van der Waals surface area contributed by atoms with Crippen molar-refractivity contribution in [2.75, 3.05) is 36.0 Å². The molecule has 21 heavy (non-hydrogen) atoms. The first kappa shape index (κ1) is 13.8. The average molecular weight is 298 g/mol. The van der Waals surface area contributed by atoms with Gasteiger partial charge in [-0.3, -0.25) is 0 Å². The Bertz CT molecular complexity index is 652. The fraction of sp³-hybridized carbons (Fsp3) is 0.235. The number of nitrogens with zero attached hydrogens (tertiary/aromatic N) is 3. The Morgan fingerprint density at radius 2 is 1.48 bits per heavy atom. The zero-order chi connectivity index (χ0) is 14.7. The van der Waals surface area contributed by atoms with Gasteiger partial charge in [0.15, 0.2) is 0 Å². The molecule has 0 N–H and O–H groups in total. The molecule has 0 atom stereocenters. The third kappa shape index (κ3) is 3.12. The molecule has 0 aromatic heterocycles. The highest BCUT2D eigenvalue weighted by Crippen LogP contribution is 2.23. The summed E-state index contributed by atoms with van der Waals surface area (Å²) >= 11 is 6.05. The van der Waals surface area contributed by atoms with Gasteiger partial charge in [0, 0.05) is 42.6 Å². The Hall–Kier alpha value is -2.18. The Morgan fingerprint density at radius 1 is 0.857 bits per heavy atom. The summed E-state index contributed by atoms with van der Waals surface area (Å²) in [6.07, 6.45) is 0. The zero-order valence-electron chi connectivity index (χ0n) is 11.7. The van der Waals surface area contributed by atoms with Crippen LogP contribution in [0.2, 0.25) is 5.02 Å². The molecule has 1 saturated heterocycles. The second kappa shape index (κ2) is 6.07. The molecule has 0 radical (unpaired) electrons. The lowest BCUT2D eigenvalue weighted by atomic mass is 10.2. The van der Waals surface area contributed by atoms with E-state index in [-0.39, 0.29) is 0 Å². The van der Waals surface area contributed by atoms with E-state index in [1.807, 2.05) is 42.5 Å². The molecule has 4 heteroatoms. The molecule has 0 amide bonds. The topological polar surface area (TPSA) is 30.3 Å². The molecule has 1 aliphatic rings. The highest BCUT2D eigenvalue weighted by atomic mass is 35.5. The smallest absolute Gasteiger partial charge is 0.0991 e. The van der Waals surface area contributed by atoms with Crippen molar-refractivity contribution in [2.45, 2.75) is 0 Å². The lowest BCUT2D eigenvalue weighted by molar-refractivity contribution is 0.653. The molecule has 1 heterocycles. The van der Waals surface area contributed by atoms with Gasteiger partial charge in [-0.2, -0.15) is 5.26 Å². The van der Waals surface area contributed by atoms with Crippen LogP contribution in [0.1, 0.15) is 5.56 Å². The number of nitriles is 1. The monoisotopic (exact) mass is 297 g/mol. The maximum Gasteiger partial charge on any atom is 0.0991 e. The normalized spacial score (nSPS) is 14.9. The van der Waals surface area contributed by atoms with Crippen LogP contribution in [-0.4, -0.2) is 26.2 Å². The highest BCUT2D eigenvalue weighted by Gasteiger charge is 2.17. The first-order chi connectivity index (χ1) is 10.3. The van der Waals surface area contributed by atoms with Crippen molar-refractivity contribution in [3.8, 4) is 6.07 Å². The molecule has 1 fully saturated rings. The zero-order valence-corrected chi connectivity index (χ0v) is 12.4. The van der Waals surface area contributed by atoms with Crippen LogP contribution in [0.4, 0.5) is 11.4 Å². The minimum Gasteiger partial charge on any atom is -0.368 e. The molecule has 1 aliphatic heterocycles. The number of piperazine rings is 1. The summed E-state index contributed by atoms with van der Waals surface area (Å²) in [4.78, 5) is 4.70. The summed E-state index contributed by atoms with van der Waals surface area (Å²) < 4.78 is 0. The summed E-state index contributed by atoms with van der Waals surface area (Å²) in [7, 11) is 0. The molecule has 2 aromatic carbocycles. The van der Waals surface area contributed by atoms with Gasteiger partial charge < -0.3 is 9.80 Å². The van der Waals surface area contributed by atoms with E-state index in [9.17, 15) is 0 Å². The van der Waals surface area contributed by atoms with Crippen LogP contribution in [0.15, 0.2) is 48.5 Å². The van der Waals surface area contributed by atoms with Gasteiger partial charge in [0.25, 0.3) is 0 Å². The van der Waals surface area contributed by atoms with Crippen molar-refractivity contribution in [1.29, 1.82) is 5.26 Å². The van der Waals surface area contributed by atoms with Crippen LogP contribution in [0.3, 0.4) is 0 Å². The standard InChI is InChI=1S/C17H16ClN3/c18-15-2-1-3-17(12-15)21-10-8-20(9-11-21)16-6-4-14(13-19)5-7-16/h1-7,12H,8-11H2. The highest BCUT2D eigenvalue weighted by molar-refractivity contribution is 6.30. The van der Waals surface area contributed by atoms with Crippen molar-refractivity contribution < 1.29 is 0 Å². The van der Waals surface area contributed by atoms with E-state index in [1.165, 1.54) is 11.4 Å². The Balaban J connectivity index is 1.66. The third-order valence-electron chi connectivity index (χ3n) is 3.81. The Morgan fingerprint density at radius 3 is 2.05 bits per heavy atom. The van der Waals surface area contributed by atoms with Crippen LogP contribution in [-0.2, 0) is 0 Å².